The van der Waals surface area contributed by atoms with Crippen molar-refractivity contribution in [2.75, 3.05) is 36.4 Å². The van der Waals surface area contributed by atoms with Crippen molar-refractivity contribution in [2.24, 2.45) is 0 Å². The largest absolute Gasteiger partial charge is 0.365 e. The highest BCUT2D eigenvalue weighted by atomic mass is 32.1. The number of hydrogen-bond acceptors (Lipinski definition) is 6. The molecule has 3 heterocycles. The van der Waals surface area contributed by atoms with Crippen LogP contribution in [-0.4, -0.2) is 57.6 Å². The van der Waals surface area contributed by atoms with E-state index in [9.17, 15) is 9.18 Å². The smallest absolute Gasteiger partial charge is 0.222 e. The van der Waals surface area contributed by atoms with Gasteiger partial charge in [-0.05, 0) is 31.4 Å². The molecule has 1 aromatic carbocycles. The minimum Gasteiger partial charge on any atom is -0.365 e. The van der Waals surface area contributed by atoms with E-state index in [0.29, 0.717) is 12.5 Å². The lowest BCUT2D eigenvalue weighted by atomic mass is 10.1. The predicted molar refractivity (Wildman–Crippen MR) is 130 cm³/mol. The van der Waals surface area contributed by atoms with Crippen LogP contribution in [0.4, 0.5) is 15.3 Å². The van der Waals surface area contributed by atoms with Crippen molar-refractivity contribution >= 4 is 33.2 Å². The number of nitrogens with zero attached hydrogens (tertiary/aromatic N) is 5. The Labute approximate surface area is 197 Å². The Morgan fingerprint density at radius 3 is 2.73 bits per heavy atom. The number of hydrogen-bond donors (Lipinski definition) is 1. The zero-order chi connectivity index (χ0) is 22.8. The number of imidazole rings is 1. The molecule has 1 N–H and O–H groups in total. The number of carbonyl (C=O) groups is 1. The van der Waals surface area contributed by atoms with Crippen LogP contribution < -0.4 is 10.2 Å². The first-order valence-corrected chi connectivity index (χ1v) is 12.9. The van der Waals surface area contributed by atoms with E-state index in [1.54, 1.807) is 17.4 Å². The van der Waals surface area contributed by atoms with Crippen LogP contribution in [0.25, 0.3) is 16.2 Å². The molecule has 0 atom stereocenters. The summed E-state index contributed by atoms with van der Waals surface area (Å²) in [5.41, 5.74) is 1.51. The van der Waals surface area contributed by atoms with E-state index < -0.39 is 0 Å². The van der Waals surface area contributed by atoms with Crippen LogP contribution >= 0.6 is 11.3 Å². The highest BCUT2D eigenvalue weighted by molar-refractivity contribution is 7.20. The molecular weight excluding hydrogens is 439 g/mol. The summed E-state index contributed by atoms with van der Waals surface area (Å²) in [6.07, 6.45) is 7.33. The predicted octanol–water partition coefficient (Wildman–Crippen LogP) is 4.79. The van der Waals surface area contributed by atoms with Crippen LogP contribution in [0.5, 0.6) is 0 Å². The van der Waals surface area contributed by atoms with Crippen molar-refractivity contribution in [2.45, 2.75) is 57.9 Å². The molecule has 1 saturated heterocycles. The Morgan fingerprint density at radius 2 is 2.00 bits per heavy atom. The molecule has 33 heavy (non-hydrogen) atoms. The number of benzene rings is 1. The molecule has 176 valence electrons. The summed E-state index contributed by atoms with van der Waals surface area (Å²) in [4.78, 5) is 22.2. The minimum atomic E-state index is -0.268. The van der Waals surface area contributed by atoms with Crippen molar-refractivity contribution in [1.29, 1.82) is 0 Å². The van der Waals surface area contributed by atoms with E-state index in [2.05, 4.69) is 17.1 Å². The average molecular weight is 471 g/mol. The first-order valence-electron chi connectivity index (χ1n) is 12.1. The van der Waals surface area contributed by atoms with Gasteiger partial charge in [-0.3, -0.25) is 4.79 Å². The van der Waals surface area contributed by atoms with Crippen molar-refractivity contribution in [3.05, 3.63) is 30.1 Å². The van der Waals surface area contributed by atoms with E-state index in [-0.39, 0.29) is 11.7 Å². The van der Waals surface area contributed by atoms with E-state index in [1.165, 1.54) is 25.0 Å². The average Bonchev–Trinajstić information content (AvgIpc) is 3.56. The standard InChI is InChI=1S/C24H31FN6OS/c1-2-3-11-20(32)29-12-14-30(15-13-29)24-28-31-22(26-19-9-4-5-10-19)21(27-23(31)33-24)17-7-6-8-18(25)16-17/h6-8,16,19,26H,2-5,9-15H2,1H3. The maximum absolute atomic E-state index is 13.9. The Balaban J connectivity index is 1.39. The number of piperazine rings is 1. The molecule has 1 saturated carbocycles. The summed E-state index contributed by atoms with van der Waals surface area (Å²) in [5, 5.41) is 9.48. The lowest BCUT2D eigenvalue weighted by molar-refractivity contribution is -0.131. The molecule has 1 aliphatic heterocycles. The molecule has 0 spiro atoms. The van der Waals surface area contributed by atoms with Crippen molar-refractivity contribution < 1.29 is 9.18 Å². The van der Waals surface area contributed by atoms with Gasteiger partial charge in [0.05, 0.1) is 0 Å². The normalized spacial score (nSPS) is 17.3. The van der Waals surface area contributed by atoms with Gasteiger partial charge in [0.2, 0.25) is 16.0 Å². The van der Waals surface area contributed by atoms with Crippen LogP contribution in [0.15, 0.2) is 24.3 Å². The third-order valence-corrected chi connectivity index (χ3v) is 7.60. The molecule has 2 aromatic heterocycles. The SMILES string of the molecule is CCCCC(=O)N1CCN(c2nn3c(NC4CCCC4)c(-c4cccc(F)c4)nc3s2)CC1. The van der Waals surface area contributed by atoms with Gasteiger partial charge in [-0.15, -0.1) is 5.10 Å². The summed E-state index contributed by atoms with van der Waals surface area (Å²) in [6, 6.07) is 6.99. The second kappa shape index (κ2) is 9.67. The summed E-state index contributed by atoms with van der Waals surface area (Å²) in [7, 11) is 0. The monoisotopic (exact) mass is 470 g/mol. The Morgan fingerprint density at radius 1 is 1.21 bits per heavy atom. The van der Waals surface area contributed by atoms with Gasteiger partial charge in [0.1, 0.15) is 11.5 Å². The van der Waals surface area contributed by atoms with Crippen LogP contribution in [0.3, 0.4) is 0 Å². The maximum Gasteiger partial charge on any atom is 0.222 e. The maximum atomic E-state index is 13.9. The van der Waals surface area contributed by atoms with Gasteiger partial charge in [-0.1, -0.05) is 49.7 Å². The zero-order valence-electron chi connectivity index (χ0n) is 19.1. The molecule has 2 fully saturated rings. The molecule has 7 nitrogen and oxygen atoms in total. The fourth-order valence-electron chi connectivity index (χ4n) is 4.73. The lowest BCUT2D eigenvalue weighted by Crippen LogP contribution is -2.48. The first kappa shape index (κ1) is 22.1. The number of carbonyl (C=O) groups excluding carboxylic acids is 1. The summed E-state index contributed by atoms with van der Waals surface area (Å²) in [5.74, 6) is 0.835. The van der Waals surface area contributed by atoms with Crippen LogP contribution in [-0.2, 0) is 4.79 Å². The molecule has 0 bridgehead atoms. The third kappa shape index (κ3) is 4.69. The van der Waals surface area contributed by atoms with E-state index >= 15 is 0 Å². The van der Waals surface area contributed by atoms with Crippen molar-refractivity contribution in [1.82, 2.24) is 19.5 Å². The van der Waals surface area contributed by atoms with Gasteiger partial charge in [0.25, 0.3) is 0 Å². The summed E-state index contributed by atoms with van der Waals surface area (Å²) < 4.78 is 15.8. The highest BCUT2D eigenvalue weighted by Crippen LogP contribution is 2.35. The summed E-state index contributed by atoms with van der Waals surface area (Å²) in [6.45, 7) is 5.12. The molecule has 0 radical (unpaired) electrons. The van der Waals surface area contributed by atoms with Crippen LogP contribution in [0.1, 0.15) is 51.9 Å². The van der Waals surface area contributed by atoms with Gasteiger partial charge in [-0.25, -0.2) is 9.37 Å². The van der Waals surface area contributed by atoms with Gasteiger partial charge < -0.3 is 15.1 Å². The fourth-order valence-corrected chi connectivity index (χ4v) is 5.68. The second-order valence-corrected chi connectivity index (χ2v) is 9.93. The van der Waals surface area contributed by atoms with Gasteiger partial charge in [0, 0.05) is 44.2 Å². The third-order valence-electron chi connectivity index (χ3n) is 6.63. The quantitative estimate of drug-likeness (QED) is 0.538. The van der Waals surface area contributed by atoms with Crippen molar-refractivity contribution in [3.8, 4) is 11.3 Å². The zero-order valence-corrected chi connectivity index (χ0v) is 19.9. The lowest BCUT2D eigenvalue weighted by Gasteiger charge is -2.34. The summed E-state index contributed by atoms with van der Waals surface area (Å²) >= 11 is 1.55. The molecule has 0 unspecified atom stereocenters. The van der Waals surface area contributed by atoms with Gasteiger partial charge in [0.15, 0.2) is 5.82 Å². The fraction of sp³-hybridized carbons (Fsp3) is 0.542. The Kier molecular flexibility index (Phi) is 6.48. The van der Waals surface area contributed by atoms with Gasteiger partial charge >= 0.3 is 0 Å². The first-order chi connectivity index (χ1) is 16.1. The second-order valence-electron chi connectivity index (χ2n) is 9.00. The number of amides is 1. The minimum absolute atomic E-state index is 0.258. The van der Waals surface area contributed by atoms with E-state index in [0.717, 1.165) is 79.0 Å². The Bertz CT molecular complexity index is 1110. The molecule has 3 aromatic rings. The topological polar surface area (TPSA) is 65.8 Å². The van der Waals surface area contributed by atoms with E-state index in [4.69, 9.17) is 10.1 Å². The van der Waals surface area contributed by atoms with Crippen molar-refractivity contribution in [3.63, 3.8) is 0 Å². The van der Waals surface area contributed by atoms with E-state index in [1.807, 2.05) is 15.5 Å². The molecule has 2 aliphatic rings. The highest BCUT2D eigenvalue weighted by Gasteiger charge is 2.26. The molecule has 1 aliphatic carbocycles. The Hall–Kier alpha value is -2.68. The molecule has 5 rings (SSSR count). The number of aromatic nitrogens is 3. The number of rotatable bonds is 7. The van der Waals surface area contributed by atoms with Crippen LogP contribution in [0.2, 0.25) is 0 Å². The number of anilines is 2. The molecular formula is C24H31FN6OS. The number of halogens is 1. The number of fused-ring (bicyclic) bond motifs is 1. The molecule has 1 amide bonds. The van der Waals surface area contributed by atoms with Gasteiger partial charge in [-0.2, -0.15) is 4.52 Å². The number of nitrogens with one attached hydrogen (secondary N) is 1. The number of unbranched alkanes of at least 4 members (excludes halogenated alkanes) is 1. The van der Waals surface area contributed by atoms with Crippen LogP contribution in [0, 0.1) is 5.82 Å². The molecule has 9 heteroatoms.